The van der Waals surface area contributed by atoms with Gasteiger partial charge in [-0.1, -0.05) is 0 Å². The van der Waals surface area contributed by atoms with Crippen LogP contribution >= 0.6 is 0 Å². The van der Waals surface area contributed by atoms with Crippen molar-refractivity contribution in [2.24, 2.45) is 5.92 Å². The van der Waals surface area contributed by atoms with E-state index in [0.29, 0.717) is 24.3 Å². The van der Waals surface area contributed by atoms with Crippen LogP contribution in [-0.2, 0) is 0 Å². The Balaban J connectivity index is 1.83. The number of carbonyl (C=O) groups excluding carboxylic acids is 1. The molecule has 2 saturated heterocycles. The lowest BCUT2D eigenvalue weighted by atomic mass is 9.98. The van der Waals surface area contributed by atoms with E-state index in [4.69, 9.17) is 0 Å². The van der Waals surface area contributed by atoms with Crippen molar-refractivity contribution in [2.75, 3.05) is 37.7 Å². The van der Waals surface area contributed by atoms with Gasteiger partial charge in [-0.05, 0) is 50.2 Å². The molecule has 2 heterocycles. The van der Waals surface area contributed by atoms with Crippen molar-refractivity contribution in [3.05, 3.63) is 33.9 Å². The highest BCUT2D eigenvalue weighted by Crippen LogP contribution is 2.32. The van der Waals surface area contributed by atoms with Gasteiger partial charge in [0.25, 0.3) is 11.6 Å². The highest BCUT2D eigenvalue weighted by molar-refractivity contribution is 5.96. The number of nitro benzene ring substituents is 1. The second kappa shape index (κ2) is 7.82. The van der Waals surface area contributed by atoms with Crippen LogP contribution in [0.25, 0.3) is 0 Å². The predicted molar refractivity (Wildman–Crippen MR) is 94.9 cm³/mol. The standard InChI is InChI=1S/C18H25N3O4/c22-13-14-5-4-10-20(12-14)18(23)15-6-7-16(17(11-15)21(24)25)19-8-2-1-3-9-19/h6-7,11,14,22H,1-5,8-10,12-13H2. The summed E-state index contributed by atoms with van der Waals surface area (Å²) in [6, 6.07) is 4.82. The molecule has 0 radical (unpaired) electrons. The Morgan fingerprint density at radius 2 is 1.96 bits per heavy atom. The molecule has 7 heteroatoms. The Morgan fingerprint density at radius 3 is 2.64 bits per heavy atom. The summed E-state index contributed by atoms with van der Waals surface area (Å²) in [5.74, 6) is -0.0910. The van der Waals surface area contributed by atoms with E-state index in [9.17, 15) is 20.0 Å². The second-order valence-electron chi connectivity index (χ2n) is 6.95. The van der Waals surface area contributed by atoms with E-state index in [1.54, 1.807) is 17.0 Å². The maximum atomic E-state index is 12.7. The number of anilines is 1. The lowest BCUT2D eigenvalue weighted by Gasteiger charge is -2.32. The number of aliphatic hydroxyl groups excluding tert-OH is 1. The Hall–Kier alpha value is -2.15. The normalized spacial score (nSPS) is 21.2. The topological polar surface area (TPSA) is 86.9 Å². The maximum absolute atomic E-state index is 12.7. The number of benzene rings is 1. The summed E-state index contributed by atoms with van der Waals surface area (Å²) in [7, 11) is 0. The zero-order valence-corrected chi connectivity index (χ0v) is 14.4. The van der Waals surface area contributed by atoms with Gasteiger partial charge in [0.1, 0.15) is 5.69 Å². The number of amides is 1. The molecule has 1 N–H and O–H groups in total. The van der Waals surface area contributed by atoms with Crippen LogP contribution in [0.5, 0.6) is 0 Å². The first-order valence-corrected chi connectivity index (χ1v) is 9.03. The van der Waals surface area contributed by atoms with Gasteiger partial charge >= 0.3 is 0 Å². The molecule has 25 heavy (non-hydrogen) atoms. The minimum atomic E-state index is -0.395. The van der Waals surface area contributed by atoms with Gasteiger partial charge in [0.15, 0.2) is 0 Å². The molecule has 0 bridgehead atoms. The van der Waals surface area contributed by atoms with E-state index in [0.717, 1.165) is 45.2 Å². The summed E-state index contributed by atoms with van der Waals surface area (Å²) >= 11 is 0. The Labute approximate surface area is 147 Å². The lowest BCUT2D eigenvalue weighted by Crippen LogP contribution is -2.41. The van der Waals surface area contributed by atoms with Crippen LogP contribution < -0.4 is 4.90 Å². The Morgan fingerprint density at radius 1 is 1.20 bits per heavy atom. The molecule has 2 aliphatic heterocycles. The minimum Gasteiger partial charge on any atom is -0.396 e. The van der Waals surface area contributed by atoms with Crippen molar-refractivity contribution in [3.8, 4) is 0 Å². The molecular weight excluding hydrogens is 322 g/mol. The lowest BCUT2D eigenvalue weighted by molar-refractivity contribution is -0.384. The Kier molecular flexibility index (Phi) is 5.53. The summed E-state index contributed by atoms with van der Waals surface area (Å²) in [4.78, 5) is 27.6. The number of carbonyl (C=O) groups is 1. The fraction of sp³-hybridized carbons (Fsp3) is 0.611. The summed E-state index contributed by atoms with van der Waals surface area (Å²) in [5, 5.41) is 20.9. The third kappa shape index (κ3) is 3.92. The van der Waals surface area contributed by atoms with E-state index in [1.807, 2.05) is 4.90 Å². The second-order valence-corrected chi connectivity index (χ2v) is 6.95. The van der Waals surface area contributed by atoms with Crippen molar-refractivity contribution in [2.45, 2.75) is 32.1 Å². The zero-order chi connectivity index (χ0) is 17.8. The molecule has 0 spiro atoms. The third-order valence-corrected chi connectivity index (χ3v) is 5.18. The van der Waals surface area contributed by atoms with Crippen molar-refractivity contribution >= 4 is 17.3 Å². The number of piperidine rings is 2. The third-order valence-electron chi connectivity index (χ3n) is 5.18. The molecule has 1 aromatic rings. The summed E-state index contributed by atoms with van der Waals surface area (Å²) in [6.07, 6.45) is 4.99. The van der Waals surface area contributed by atoms with Crippen LogP contribution in [0.15, 0.2) is 18.2 Å². The van der Waals surface area contributed by atoms with Gasteiger partial charge in [0.05, 0.1) is 4.92 Å². The van der Waals surface area contributed by atoms with E-state index in [2.05, 4.69) is 0 Å². The van der Waals surface area contributed by atoms with Crippen LogP contribution in [0.3, 0.4) is 0 Å². The first-order valence-electron chi connectivity index (χ1n) is 9.03. The molecule has 0 aromatic heterocycles. The van der Waals surface area contributed by atoms with Gasteiger partial charge in [-0.15, -0.1) is 0 Å². The number of nitrogens with zero attached hydrogens (tertiary/aromatic N) is 3. The van der Waals surface area contributed by atoms with E-state index in [1.165, 1.54) is 6.07 Å². The number of aliphatic hydroxyl groups is 1. The van der Waals surface area contributed by atoms with Gasteiger partial charge in [-0.3, -0.25) is 14.9 Å². The summed E-state index contributed by atoms with van der Waals surface area (Å²) in [5.41, 5.74) is 0.961. The molecule has 1 amide bonds. The predicted octanol–water partition coefficient (Wildman–Crippen LogP) is 2.43. The first-order chi connectivity index (χ1) is 12.1. The van der Waals surface area contributed by atoms with E-state index in [-0.39, 0.29) is 24.1 Å². The molecule has 136 valence electrons. The highest BCUT2D eigenvalue weighted by atomic mass is 16.6. The van der Waals surface area contributed by atoms with Crippen LogP contribution in [0.1, 0.15) is 42.5 Å². The highest BCUT2D eigenvalue weighted by Gasteiger charge is 2.27. The molecule has 0 aliphatic carbocycles. The molecule has 1 atom stereocenters. The number of hydrogen-bond acceptors (Lipinski definition) is 5. The fourth-order valence-electron chi connectivity index (χ4n) is 3.79. The number of hydrogen-bond donors (Lipinski definition) is 1. The van der Waals surface area contributed by atoms with Crippen LogP contribution in [0, 0.1) is 16.0 Å². The monoisotopic (exact) mass is 347 g/mol. The number of nitro groups is 1. The van der Waals surface area contributed by atoms with E-state index >= 15 is 0 Å². The SMILES string of the molecule is O=C(c1ccc(N2CCCCC2)c([N+](=O)[O-])c1)N1CCCC(CO)C1. The molecule has 2 fully saturated rings. The molecule has 3 rings (SSSR count). The summed E-state index contributed by atoms with van der Waals surface area (Å²) < 4.78 is 0. The van der Waals surface area contributed by atoms with Gasteiger partial charge in [-0.2, -0.15) is 0 Å². The minimum absolute atomic E-state index is 0.00321. The van der Waals surface area contributed by atoms with Crippen molar-refractivity contribution in [3.63, 3.8) is 0 Å². The van der Waals surface area contributed by atoms with Crippen LogP contribution in [0.4, 0.5) is 11.4 Å². The van der Waals surface area contributed by atoms with Crippen molar-refractivity contribution < 1.29 is 14.8 Å². The molecule has 1 aromatic carbocycles. The van der Waals surface area contributed by atoms with Crippen molar-refractivity contribution in [1.29, 1.82) is 0 Å². The van der Waals surface area contributed by atoms with Gasteiger partial charge < -0.3 is 14.9 Å². The van der Waals surface area contributed by atoms with Gasteiger partial charge in [0, 0.05) is 44.4 Å². The van der Waals surface area contributed by atoms with Crippen molar-refractivity contribution in [1.82, 2.24) is 4.90 Å². The average Bonchev–Trinajstić information content (AvgIpc) is 2.67. The molecule has 0 saturated carbocycles. The van der Waals surface area contributed by atoms with Crippen LogP contribution in [0.2, 0.25) is 0 Å². The van der Waals surface area contributed by atoms with E-state index < -0.39 is 4.92 Å². The summed E-state index contributed by atoms with van der Waals surface area (Å²) in [6.45, 7) is 2.85. The van der Waals surface area contributed by atoms with Crippen LogP contribution in [-0.4, -0.2) is 53.6 Å². The molecule has 7 nitrogen and oxygen atoms in total. The number of likely N-dealkylation sites (tertiary alicyclic amines) is 1. The molecule has 2 aliphatic rings. The average molecular weight is 347 g/mol. The largest absolute Gasteiger partial charge is 0.396 e. The quantitative estimate of drug-likeness (QED) is 0.668. The zero-order valence-electron chi connectivity index (χ0n) is 14.4. The number of rotatable bonds is 4. The van der Waals surface area contributed by atoms with Gasteiger partial charge in [0.2, 0.25) is 0 Å². The molecule has 1 unspecified atom stereocenters. The first kappa shape index (κ1) is 17.7. The Bertz CT molecular complexity index is 643. The van der Waals surface area contributed by atoms with Gasteiger partial charge in [-0.25, -0.2) is 0 Å². The molecular formula is C18H25N3O4. The fourth-order valence-corrected chi connectivity index (χ4v) is 3.79. The maximum Gasteiger partial charge on any atom is 0.293 e. The smallest absolute Gasteiger partial charge is 0.293 e.